The van der Waals surface area contributed by atoms with Gasteiger partial charge >= 0.3 is 0 Å². The Bertz CT molecular complexity index is 1400. The summed E-state index contributed by atoms with van der Waals surface area (Å²) in [4.78, 5) is 14.0. The number of anilines is 1. The molecule has 2 aromatic heterocycles. The highest BCUT2D eigenvalue weighted by Crippen LogP contribution is 2.33. The first-order valence-corrected chi connectivity index (χ1v) is 15.8. The lowest BCUT2D eigenvalue weighted by Crippen LogP contribution is -2.39. The second-order valence-electron chi connectivity index (χ2n) is 10.1. The predicted octanol–water partition coefficient (Wildman–Crippen LogP) is 2.97. The third kappa shape index (κ3) is 5.28. The van der Waals surface area contributed by atoms with Crippen LogP contribution in [0.4, 0.5) is 5.82 Å². The molecule has 1 saturated heterocycles. The van der Waals surface area contributed by atoms with Gasteiger partial charge in [-0.05, 0) is 49.7 Å². The number of hydrogen-bond donors (Lipinski definition) is 1. The van der Waals surface area contributed by atoms with Crippen molar-refractivity contribution >= 4 is 36.7 Å². The van der Waals surface area contributed by atoms with E-state index in [0.29, 0.717) is 6.42 Å². The standard InChI is InChI=1S/C25H33N5O4S2/c1-29(25-23-11-13-26-24(23)27-18-28-25)21-9-7-20(8-10-21)17-36(33,34)30-14-12-22(15-30)35(31,32)16-19-5-3-2-4-6-19/h2-6,11,13,18,20-22H,7-10,12,14-17H2,1H3,(H,26,27,28)/t20-,21-,22-/m0/s1. The van der Waals surface area contributed by atoms with Crippen molar-refractivity contribution in [3.8, 4) is 0 Å². The van der Waals surface area contributed by atoms with Crippen LogP contribution in [0.5, 0.6) is 0 Å². The molecule has 1 aliphatic heterocycles. The Morgan fingerprint density at radius 1 is 1.00 bits per heavy atom. The summed E-state index contributed by atoms with van der Waals surface area (Å²) in [7, 11) is -4.89. The van der Waals surface area contributed by atoms with Gasteiger partial charge in [0.2, 0.25) is 10.0 Å². The fourth-order valence-electron chi connectivity index (χ4n) is 5.58. The minimum absolute atomic E-state index is 0.0503. The molecule has 194 valence electrons. The molecule has 0 spiro atoms. The van der Waals surface area contributed by atoms with E-state index in [1.807, 2.05) is 37.5 Å². The Balaban J connectivity index is 1.16. The van der Waals surface area contributed by atoms with E-state index in [2.05, 4.69) is 19.9 Å². The molecule has 1 N–H and O–H groups in total. The van der Waals surface area contributed by atoms with Crippen molar-refractivity contribution < 1.29 is 16.8 Å². The van der Waals surface area contributed by atoms with Gasteiger partial charge in [0.1, 0.15) is 17.8 Å². The molecular formula is C25H33N5O4S2. The molecular weight excluding hydrogens is 498 g/mol. The van der Waals surface area contributed by atoms with E-state index in [1.165, 1.54) is 4.31 Å². The van der Waals surface area contributed by atoms with Crippen molar-refractivity contribution in [1.82, 2.24) is 19.3 Å². The predicted molar refractivity (Wildman–Crippen MR) is 141 cm³/mol. The highest BCUT2D eigenvalue weighted by atomic mass is 32.2. The van der Waals surface area contributed by atoms with E-state index < -0.39 is 25.1 Å². The van der Waals surface area contributed by atoms with Gasteiger partial charge in [-0.3, -0.25) is 0 Å². The Morgan fingerprint density at radius 2 is 1.75 bits per heavy atom. The molecule has 0 amide bonds. The van der Waals surface area contributed by atoms with Gasteiger partial charge in [0.05, 0.1) is 22.1 Å². The van der Waals surface area contributed by atoms with Crippen LogP contribution in [0, 0.1) is 5.92 Å². The molecule has 3 aromatic rings. The third-order valence-corrected chi connectivity index (χ3v) is 11.8. The number of H-pyrrole nitrogens is 1. The van der Waals surface area contributed by atoms with Crippen molar-refractivity contribution in [2.45, 2.75) is 49.1 Å². The van der Waals surface area contributed by atoms with Gasteiger partial charge in [-0.15, -0.1) is 0 Å². The van der Waals surface area contributed by atoms with Crippen LogP contribution in [-0.2, 0) is 25.6 Å². The van der Waals surface area contributed by atoms with Crippen LogP contribution in [-0.4, -0.2) is 73.3 Å². The quantitative estimate of drug-likeness (QED) is 0.475. The van der Waals surface area contributed by atoms with Crippen LogP contribution in [0.2, 0.25) is 0 Å². The first-order chi connectivity index (χ1) is 17.2. The largest absolute Gasteiger partial charge is 0.356 e. The molecule has 11 heteroatoms. The summed E-state index contributed by atoms with van der Waals surface area (Å²) in [6, 6.07) is 11.3. The highest BCUT2D eigenvalue weighted by molar-refractivity contribution is 7.91. The van der Waals surface area contributed by atoms with Crippen LogP contribution in [0.1, 0.15) is 37.7 Å². The van der Waals surface area contributed by atoms with E-state index >= 15 is 0 Å². The zero-order valence-corrected chi connectivity index (χ0v) is 22.1. The van der Waals surface area contributed by atoms with Crippen molar-refractivity contribution in [1.29, 1.82) is 0 Å². The SMILES string of the molecule is CN(c1ncnc2[nH]ccc12)[C@H]1CC[C@H](CS(=O)(=O)N2CC[C@H](S(=O)(=O)Cc3ccccc3)C2)CC1. The summed E-state index contributed by atoms with van der Waals surface area (Å²) in [5.41, 5.74) is 1.54. The van der Waals surface area contributed by atoms with E-state index in [1.54, 1.807) is 18.5 Å². The van der Waals surface area contributed by atoms with E-state index in [0.717, 1.165) is 48.1 Å². The first-order valence-electron chi connectivity index (χ1n) is 12.5. The summed E-state index contributed by atoms with van der Waals surface area (Å²) in [6.45, 7) is 0.343. The topological polar surface area (TPSA) is 116 Å². The monoisotopic (exact) mass is 531 g/mol. The summed E-state index contributed by atoms with van der Waals surface area (Å²) < 4.78 is 53.6. The van der Waals surface area contributed by atoms with Gasteiger partial charge in [0.15, 0.2) is 9.84 Å². The second-order valence-corrected chi connectivity index (χ2v) is 14.4. The van der Waals surface area contributed by atoms with E-state index in [9.17, 15) is 16.8 Å². The van der Waals surface area contributed by atoms with Crippen LogP contribution in [0.15, 0.2) is 48.9 Å². The lowest BCUT2D eigenvalue weighted by Gasteiger charge is -2.35. The Kier molecular flexibility index (Phi) is 7.06. The fraction of sp³-hybridized carbons (Fsp3) is 0.520. The Morgan fingerprint density at radius 3 is 2.50 bits per heavy atom. The Hall–Kier alpha value is -2.50. The normalized spacial score (nSPS) is 23.8. The maximum atomic E-state index is 13.2. The van der Waals surface area contributed by atoms with Gasteiger partial charge in [0.25, 0.3) is 0 Å². The minimum atomic E-state index is -3.51. The zero-order chi connectivity index (χ0) is 25.3. The van der Waals surface area contributed by atoms with Gasteiger partial charge in [-0.25, -0.2) is 31.1 Å². The Labute approximate surface area is 212 Å². The van der Waals surface area contributed by atoms with Gasteiger partial charge < -0.3 is 9.88 Å². The van der Waals surface area contributed by atoms with Crippen molar-refractivity contribution in [2.75, 3.05) is 30.8 Å². The summed E-state index contributed by atoms with van der Waals surface area (Å²) in [5.74, 6) is 1.00. The summed E-state index contributed by atoms with van der Waals surface area (Å²) in [6.07, 6.45) is 7.19. The summed E-state index contributed by atoms with van der Waals surface area (Å²) >= 11 is 0. The van der Waals surface area contributed by atoms with E-state index in [-0.39, 0.29) is 36.6 Å². The number of aromatic amines is 1. The lowest BCUT2D eigenvalue weighted by molar-refractivity contribution is 0.336. The third-order valence-electron chi connectivity index (χ3n) is 7.70. The molecule has 1 saturated carbocycles. The molecule has 1 aliphatic carbocycles. The molecule has 3 heterocycles. The fourth-order valence-corrected chi connectivity index (χ4v) is 9.37. The maximum Gasteiger partial charge on any atom is 0.214 e. The number of hydrogen-bond acceptors (Lipinski definition) is 7. The molecule has 5 rings (SSSR count). The molecule has 2 fully saturated rings. The van der Waals surface area contributed by atoms with Crippen molar-refractivity contribution in [2.24, 2.45) is 5.92 Å². The molecule has 36 heavy (non-hydrogen) atoms. The van der Waals surface area contributed by atoms with Crippen LogP contribution in [0.25, 0.3) is 11.0 Å². The van der Waals surface area contributed by atoms with Gasteiger partial charge in [0, 0.05) is 32.4 Å². The number of rotatable bonds is 8. The van der Waals surface area contributed by atoms with E-state index in [4.69, 9.17) is 0 Å². The molecule has 2 aliphatic rings. The molecule has 9 nitrogen and oxygen atoms in total. The number of aromatic nitrogens is 3. The molecule has 1 atom stereocenters. The van der Waals surface area contributed by atoms with Gasteiger partial charge in [-0.2, -0.15) is 0 Å². The second kappa shape index (κ2) is 10.1. The average molecular weight is 532 g/mol. The molecule has 1 aromatic carbocycles. The molecule has 0 bridgehead atoms. The number of fused-ring (bicyclic) bond motifs is 1. The van der Waals surface area contributed by atoms with Crippen molar-refractivity contribution in [3.63, 3.8) is 0 Å². The highest BCUT2D eigenvalue weighted by Gasteiger charge is 2.39. The average Bonchev–Trinajstić information content (AvgIpc) is 3.55. The van der Waals surface area contributed by atoms with Gasteiger partial charge in [-0.1, -0.05) is 30.3 Å². The first kappa shape index (κ1) is 25.2. The lowest BCUT2D eigenvalue weighted by atomic mass is 9.86. The molecule has 0 radical (unpaired) electrons. The number of nitrogens with one attached hydrogen (secondary N) is 1. The zero-order valence-electron chi connectivity index (χ0n) is 20.5. The maximum absolute atomic E-state index is 13.2. The number of nitrogens with zero attached hydrogens (tertiary/aromatic N) is 4. The van der Waals surface area contributed by atoms with Crippen molar-refractivity contribution in [3.05, 3.63) is 54.5 Å². The molecule has 0 unspecified atom stereocenters. The minimum Gasteiger partial charge on any atom is -0.356 e. The smallest absolute Gasteiger partial charge is 0.214 e. The number of sulfone groups is 1. The van der Waals surface area contributed by atoms with Crippen LogP contribution in [0.3, 0.4) is 0 Å². The number of sulfonamides is 1. The summed E-state index contributed by atoms with van der Waals surface area (Å²) in [5, 5.41) is 0.338. The van der Waals surface area contributed by atoms with Crippen LogP contribution < -0.4 is 4.90 Å². The van der Waals surface area contributed by atoms with Crippen LogP contribution >= 0.6 is 0 Å². The number of benzene rings is 1.